The van der Waals surface area contributed by atoms with Crippen LogP contribution in [0.1, 0.15) is 12.5 Å². The summed E-state index contributed by atoms with van der Waals surface area (Å²) in [6.07, 6.45) is 1.30. The molecular weight excluding hydrogens is 447 g/mol. The summed E-state index contributed by atoms with van der Waals surface area (Å²) in [4.78, 5) is 23.1. The van der Waals surface area contributed by atoms with E-state index in [4.69, 9.17) is 14.6 Å². The molecule has 7 nitrogen and oxygen atoms in total. The Hall–Kier alpha value is -3.38. The van der Waals surface area contributed by atoms with Crippen LogP contribution >= 0.6 is 15.9 Å². The molecule has 0 aliphatic rings. The SMILES string of the molecule is CCOc1cc(/C=C(/C#N)C(=O)Nc2ccccc2F)c(Br)cc1OCC(=O)O. The maximum atomic E-state index is 13.7. The average molecular weight is 463 g/mol. The lowest BCUT2D eigenvalue weighted by molar-refractivity contribution is -0.139. The number of aliphatic carboxylic acids is 1. The van der Waals surface area contributed by atoms with Crippen molar-refractivity contribution in [3.05, 3.63) is 57.8 Å². The monoisotopic (exact) mass is 462 g/mol. The number of benzene rings is 2. The van der Waals surface area contributed by atoms with Crippen LogP contribution in [0.4, 0.5) is 10.1 Å². The van der Waals surface area contributed by atoms with Crippen molar-refractivity contribution in [2.24, 2.45) is 0 Å². The van der Waals surface area contributed by atoms with Crippen LogP contribution in [0.5, 0.6) is 11.5 Å². The van der Waals surface area contributed by atoms with E-state index in [9.17, 15) is 19.2 Å². The molecule has 2 aromatic rings. The quantitative estimate of drug-likeness (QED) is 0.453. The van der Waals surface area contributed by atoms with E-state index < -0.39 is 24.3 Å². The number of carboxylic acid groups (broad SMARTS) is 1. The van der Waals surface area contributed by atoms with Gasteiger partial charge in [-0.1, -0.05) is 28.1 Å². The van der Waals surface area contributed by atoms with Crippen LogP contribution in [-0.4, -0.2) is 30.2 Å². The van der Waals surface area contributed by atoms with E-state index in [1.54, 1.807) is 19.1 Å². The van der Waals surface area contributed by atoms with Gasteiger partial charge in [0.15, 0.2) is 18.1 Å². The summed E-state index contributed by atoms with van der Waals surface area (Å²) in [5.41, 5.74) is 0.0945. The highest BCUT2D eigenvalue weighted by atomic mass is 79.9. The Morgan fingerprint density at radius 1 is 1.28 bits per heavy atom. The zero-order valence-corrected chi connectivity index (χ0v) is 16.8. The number of nitriles is 1. The first kappa shape index (κ1) is 21.9. The van der Waals surface area contributed by atoms with Crippen LogP contribution in [-0.2, 0) is 9.59 Å². The molecule has 0 unspecified atom stereocenters. The Morgan fingerprint density at radius 2 is 1.97 bits per heavy atom. The molecular formula is C20H16BrFN2O5. The van der Waals surface area contributed by atoms with Crippen molar-refractivity contribution in [1.29, 1.82) is 5.26 Å². The number of anilines is 1. The smallest absolute Gasteiger partial charge is 0.341 e. The number of nitrogens with one attached hydrogen (secondary N) is 1. The topological polar surface area (TPSA) is 109 Å². The Bertz CT molecular complexity index is 1000. The fourth-order valence-corrected chi connectivity index (χ4v) is 2.68. The number of carboxylic acids is 1. The summed E-state index contributed by atoms with van der Waals surface area (Å²) in [6.45, 7) is 1.46. The van der Waals surface area contributed by atoms with Gasteiger partial charge in [-0.3, -0.25) is 4.79 Å². The molecule has 29 heavy (non-hydrogen) atoms. The number of rotatable bonds is 8. The second-order valence-corrected chi connectivity index (χ2v) is 6.39. The average Bonchev–Trinajstić information content (AvgIpc) is 2.68. The number of hydrogen-bond donors (Lipinski definition) is 2. The van der Waals surface area contributed by atoms with Crippen molar-refractivity contribution in [3.8, 4) is 17.6 Å². The standard InChI is InChI=1S/C20H16BrFN2O5/c1-2-28-17-8-12(14(21)9-18(17)29-11-19(25)26)7-13(10-23)20(27)24-16-6-4-3-5-15(16)22/h3-9H,2,11H2,1H3,(H,24,27)(H,25,26)/b13-7-. The molecule has 0 heterocycles. The van der Waals surface area contributed by atoms with Gasteiger partial charge in [0.05, 0.1) is 12.3 Å². The zero-order chi connectivity index (χ0) is 21.4. The largest absolute Gasteiger partial charge is 0.490 e. The number of para-hydroxylation sites is 1. The Balaban J connectivity index is 2.35. The minimum atomic E-state index is -1.15. The molecule has 0 saturated carbocycles. The van der Waals surface area contributed by atoms with E-state index in [0.717, 1.165) is 0 Å². The van der Waals surface area contributed by atoms with Crippen LogP contribution in [0.2, 0.25) is 0 Å². The molecule has 0 aliphatic carbocycles. The third-order valence-corrected chi connectivity index (χ3v) is 4.19. The van der Waals surface area contributed by atoms with Gasteiger partial charge in [0.2, 0.25) is 0 Å². The van der Waals surface area contributed by atoms with E-state index in [0.29, 0.717) is 10.0 Å². The summed E-state index contributed by atoms with van der Waals surface area (Å²) in [5, 5.41) is 20.5. The Morgan fingerprint density at radius 3 is 2.59 bits per heavy atom. The highest BCUT2D eigenvalue weighted by Crippen LogP contribution is 2.35. The van der Waals surface area contributed by atoms with Gasteiger partial charge in [-0.2, -0.15) is 5.26 Å². The first-order valence-corrected chi connectivity index (χ1v) is 9.13. The second kappa shape index (κ2) is 10.2. The van der Waals surface area contributed by atoms with E-state index in [-0.39, 0.29) is 29.4 Å². The van der Waals surface area contributed by atoms with Crippen molar-refractivity contribution in [2.45, 2.75) is 6.92 Å². The van der Waals surface area contributed by atoms with Gasteiger partial charge in [0, 0.05) is 4.47 Å². The number of carbonyl (C=O) groups is 2. The third kappa shape index (κ3) is 6.05. The van der Waals surface area contributed by atoms with Crippen LogP contribution in [0.3, 0.4) is 0 Å². The summed E-state index contributed by atoms with van der Waals surface area (Å²) in [7, 11) is 0. The number of ether oxygens (including phenoxy) is 2. The molecule has 2 aromatic carbocycles. The first-order valence-electron chi connectivity index (χ1n) is 8.34. The fourth-order valence-electron chi connectivity index (χ4n) is 2.24. The van der Waals surface area contributed by atoms with Crippen molar-refractivity contribution >= 4 is 39.6 Å². The molecule has 0 atom stereocenters. The molecule has 0 bridgehead atoms. The molecule has 1 amide bonds. The highest BCUT2D eigenvalue weighted by molar-refractivity contribution is 9.10. The normalized spacial score (nSPS) is 10.8. The van der Waals surface area contributed by atoms with Crippen molar-refractivity contribution < 1.29 is 28.6 Å². The molecule has 150 valence electrons. The van der Waals surface area contributed by atoms with Gasteiger partial charge in [-0.15, -0.1) is 0 Å². The van der Waals surface area contributed by atoms with Crippen molar-refractivity contribution in [1.82, 2.24) is 0 Å². The van der Waals surface area contributed by atoms with Gasteiger partial charge in [0.1, 0.15) is 17.5 Å². The molecule has 0 spiro atoms. The number of hydrogen-bond acceptors (Lipinski definition) is 5. The summed E-state index contributed by atoms with van der Waals surface area (Å²) >= 11 is 3.30. The predicted molar refractivity (Wildman–Crippen MR) is 107 cm³/mol. The third-order valence-electron chi connectivity index (χ3n) is 3.50. The van der Waals surface area contributed by atoms with E-state index in [1.165, 1.54) is 36.4 Å². The number of carbonyl (C=O) groups excluding carboxylic acids is 1. The lowest BCUT2D eigenvalue weighted by atomic mass is 10.1. The first-order chi connectivity index (χ1) is 13.8. The minimum absolute atomic E-state index is 0.0508. The fraction of sp³-hybridized carbons (Fsp3) is 0.150. The van der Waals surface area contributed by atoms with Crippen LogP contribution in [0.25, 0.3) is 6.08 Å². The molecule has 2 N–H and O–H groups in total. The number of nitrogens with zero attached hydrogens (tertiary/aromatic N) is 1. The maximum Gasteiger partial charge on any atom is 0.341 e. The van der Waals surface area contributed by atoms with Crippen molar-refractivity contribution in [2.75, 3.05) is 18.5 Å². The lowest BCUT2D eigenvalue weighted by Crippen LogP contribution is -2.14. The highest BCUT2D eigenvalue weighted by Gasteiger charge is 2.15. The molecule has 0 saturated heterocycles. The van der Waals surface area contributed by atoms with Gasteiger partial charge in [0.25, 0.3) is 5.91 Å². The van der Waals surface area contributed by atoms with E-state index in [2.05, 4.69) is 21.2 Å². The number of halogens is 2. The Kier molecular flexibility index (Phi) is 7.74. The minimum Gasteiger partial charge on any atom is -0.490 e. The second-order valence-electron chi connectivity index (χ2n) is 5.54. The van der Waals surface area contributed by atoms with Gasteiger partial charge in [-0.25, -0.2) is 9.18 Å². The zero-order valence-electron chi connectivity index (χ0n) is 15.2. The predicted octanol–water partition coefficient (Wildman–Crippen LogP) is 4.00. The Labute approximate surface area is 174 Å². The van der Waals surface area contributed by atoms with Crippen LogP contribution in [0.15, 0.2) is 46.4 Å². The molecule has 2 rings (SSSR count). The number of amides is 1. The lowest BCUT2D eigenvalue weighted by Gasteiger charge is -2.13. The summed E-state index contributed by atoms with van der Waals surface area (Å²) in [6, 6.07) is 10.3. The molecule has 0 fully saturated rings. The maximum absolute atomic E-state index is 13.7. The van der Waals surface area contributed by atoms with E-state index in [1.807, 2.05) is 0 Å². The molecule has 0 radical (unpaired) electrons. The molecule has 0 aromatic heterocycles. The molecule has 9 heteroatoms. The van der Waals surface area contributed by atoms with Gasteiger partial charge < -0.3 is 19.9 Å². The summed E-state index contributed by atoms with van der Waals surface area (Å²) in [5.74, 6) is -2.13. The van der Waals surface area contributed by atoms with Crippen molar-refractivity contribution in [3.63, 3.8) is 0 Å². The van der Waals surface area contributed by atoms with Crippen LogP contribution in [0, 0.1) is 17.1 Å². The summed E-state index contributed by atoms with van der Waals surface area (Å²) < 4.78 is 24.8. The van der Waals surface area contributed by atoms with E-state index >= 15 is 0 Å². The van der Waals surface area contributed by atoms with Crippen LogP contribution < -0.4 is 14.8 Å². The molecule has 0 aliphatic heterocycles. The van der Waals surface area contributed by atoms with Gasteiger partial charge >= 0.3 is 5.97 Å². The van der Waals surface area contributed by atoms with Gasteiger partial charge in [-0.05, 0) is 42.8 Å².